The van der Waals surface area contributed by atoms with Gasteiger partial charge in [-0.2, -0.15) is 9.97 Å². The van der Waals surface area contributed by atoms with E-state index in [1.165, 1.54) is 12.1 Å². The van der Waals surface area contributed by atoms with Crippen LogP contribution in [0, 0.1) is 0 Å². The minimum atomic E-state index is -3.06. The van der Waals surface area contributed by atoms with Crippen molar-refractivity contribution < 1.29 is 31.3 Å². The third-order valence-corrected chi connectivity index (χ3v) is 11.0. The monoisotopic (exact) mass is 916 g/mol. The van der Waals surface area contributed by atoms with Crippen LogP contribution in [0.4, 0.5) is 17.6 Å². The summed E-state index contributed by atoms with van der Waals surface area (Å²) in [5.41, 5.74) is -1.36. The summed E-state index contributed by atoms with van der Waals surface area (Å²) in [6, 6.07) is 8.51. The molecule has 0 aliphatic heterocycles. The Balaban J connectivity index is 1.08. The van der Waals surface area contributed by atoms with Gasteiger partial charge >= 0.3 is 12.0 Å². The van der Waals surface area contributed by atoms with Crippen molar-refractivity contribution in [3.63, 3.8) is 0 Å². The van der Waals surface area contributed by atoms with Crippen LogP contribution in [0.5, 0.6) is 12.0 Å². The molecule has 8 aromatic rings. The Bertz CT molecular complexity index is 2910. The van der Waals surface area contributed by atoms with Crippen LogP contribution in [0.1, 0.15) is 24.0 Å². The number of ether oxygens (including phenoxy) is 1. The predicted octanol–water partition coefficient (Wildman–Crippen LogP) is 12.4. The number of halogens is 10. The van der Waals surface area contributed by atoms with Crippen molar-refractivity contribution in [2.75, 3.05) is 0 Å². The first-order valence-corrected chi connectivity index (χ1v) is 18.7. The fraction of sp³-hybridized carbons (Fsp3) is 0.0556. The lowest BCUT2D eigenvalue weighted by Crippen LogP contribution is -2.06. The Kier molecular flexibility index (Phi) is 8.97. The predicted molar refractivity (Wildman–Crippen MR) is 206 cm³/mol. The summed E-state index contributed by atoms with van der Waals surface area (Å²) in [4.78, 5) is 35.0. The van der Waals surface area contributed by atoms with Gasteiger partial charge in [0.1, 0.15) is 34.2 Å². The normalized spacial score (nSPS) is 12.2. The van der Waals surface area contributed by atoms with E-state index in [9.17, 15) is 17.6 Å². The van der Waals surface area contributed by atoms with E-state index >= 15 is 0 Å². The van der Waals surface area contributed by atoms with Crippen LogP contribution in [0.15, 0.2) is 57.8 Å². The van der Waals surface area contributed by atoms with Crippen LogP contribution >= 0.6 is 69.6 Å². The smallest absolute Gasteiger partial charge is 0.325 e. The van der Waals surface area contributed by atoms with Gasteiger partial charge in [0, 0.05) is 22.3 Å². The lowest BCUT2D eigenvalue weighted by molar-refractivity contribution is 0.151. The zero-order valence-corrected chi connectivity index (χ0v) is 32.8. The SMILES string of the molecule is FC(F)c1c2noc1-c1nc(-c3nc(Oc4ncc(Cl)c(-c5nc6c(Cl)c(n5)-c5onc(c5C(F)F)-c5c(Cl)cccc5-6)n4)ncc3Cl)nc(c1Cl)-c1cccc(Cl)c1-2. The van der Waals surface area contributed by atoms with Gasteiger partial charge in [0.2, 0.25) is 0 Å². The Hall–Kier alpha value is -5.56. The molecule has 2 aromatic carbocycles. The molecule has 13 nitrogen and oxygen atoms in total. The Morgan fingerprint density at radius 1 is 0.475 bits per heavy atom. The van der Waals surface area contributed by atoms with Gasteiger partial charge in [-0.15, -0.1) is 0 Å². The molecule has 6 heterocycles. The molecular weight excluding hydrogens is 909 g/mol. The minimum absolute atomic E-state index is 0.0832. The van der Waals surface area contributed by atoms with E-state index in [1.807, 2.05) is 0 Å². The average molecular weight is 919 g/mol. The summed E-state index contributed by atoms with van der Waals surface area (Å²) < 4.78 is 74.9. The molecule has 0 spiro atoms. The molecule has 0 atom stereocenters. The summed E-state index contributed by atoms with van der Waals surface area (Å²) in [6.45, 7) is 0. The van der Waals surface area contributed by atoms with Gasteiger partial charge in [0.15, 0.2) is 23.2 Å². The van der Waals surface area contributed by atoms with E-state index in [0.29, 0.717) is 0 Å². The highest BCUT2D eigenvalue weighted by Gasteiger charge is 2.37. The number of nitrogens with zero attached hydrogens (tertiary/aromatic N) is 10. The van der Waals surface area contributed by atoms with Crippen LogP contribution < -0.4 is 4.74 Å². The van der Waals surface area contributed by atoms with Gasteiger partial charge in [-0.25, -0.2) is 47.5 Å². The molecule has 0 fully saturated rings. The van der Waals surface area contributed by atoms with Crippen molar-refractivity contribution in [2.24, 2.45) is 0 Å². The first-order valence-electron chi connectivity index (χ1n) is 16.4. The number of rotatable bonds is 6. The fourth-order valence-electron chi connectivity index (χ4n) is 6.59. The molecule has 6 aromatic heterocycles. The van der Waals surface area contributed by atoms with Crippen LogP contribution in [0.3, 0.4) is 0 Å². The quantitative estimate of drug-likeness (QED) is 0.145. The maximum absolute atomic E-state index is 14.6. The van der Waals surface area contributed by atoms with Crippen LogP contribution in [-0.2, 0) is 0 Å². The van der Waals surface area contributed by atoms with E-state index in [-0.39, 0.29) is 110 Å². The topological polar surface area (TPSA) is 164 Å². The number of alkyl halides is 4. The second kappa shape index (κ2) is 14.0. The Labute approximate surface area is 355 Å². The van der Waals surface area contributed by atoms with E-state index in [0.717, 1.165) is 12.4 Å². The first kappa shape index (κ1) is 37.7. The van der Waals surface area contributed by atoms with E-state index in [4.69, 9.17) is 83.4 Å². The highest BCUT2D eigenvalue weighted by Crippen LogP contribution is 2.52. The number of fused-ring (bicyclic) bond motifs is 16. The Morgan fingerprint density at radius 2 is 0.881 bits per heavy atom. The van der Waals surface area contributed by atoms with Crippen molar-refractivity contribution in [1.82, 2.24) is 50.2 Å². The Morgan fingerprint density at radius 3 is 1.29 bits per heavy atom. The zero-order valence-electron chi connectivity index (χ0n) is 28.3. The molecule has 0 N–H and O–H groups in total. The van der Waals surface area contributed by atoms with Gasteiger partial charge in [-0.1, -0.05) is 104 Å². The van der Waals surface area contributed by atoms with Crippen LogP contribution in [0.2, 0.25) is 30.1 Å². The summed E-state index contributed by atoms with van der Waals surface area (Å²) >= 11 is 39.6. The van der Waals surface area contributed by atoms with Gasteiger partial charge in [0.25, 0.3) is 12.9 Å². The van der Waals surface area contributed by atoms with Crippen LogP contribution in [0.25, 0.3) is 91.0 Å². The first-order chi connectivity index (χ1) is 28.4. The minimum Gasteiger partial charge on any atom is -0.388 e. The molecule has 23 heteroatoms. The second-order valence-electron chi connectivity index (χ2n) is 12.4. The van der Waals surface area contributed by atoms with Crippen molar-refractivity contribution in [3.05, 3.63) is 90.1 Å². The van der Waals surface area contributed by atoms with Crippen molar-refractivity contribution in [1.29, 1.82) is 0 Å². The largest absolute Gasteiger partial charge is 0.388 e. The molecule has 0 saturated heterocycles. The number of aromatic nitrogens is 10. The third kappa shape index (κ3) is 5.90. The lowest BCUT2D eigenvalue weighted by Gasteiger charge is -2.17. The molecule has 0 amide bonds. The highest BCUT2D eigenvalue weighted by atomic mass is 35.5. The number of hydrogen-bond acceptors (Lipinski definition) is 13. The fourth-order valence-corrected chi connectivity index (χ4v) is 8.01. The molecule has 0 radical (unpaired) electrons. The average Bonchev–Trinajstić information content (AvgIpc) is 3.85. The second-order valence-corrected chi connectivity index (χ2v) is 14.8. The van der Waals surface area contributed by atoms with Gasteiger partial charge in [0.05, 0.1) is 65.0 Å². The molecule has 2 aliphatic carbocycles. The summed E-state index contributed by atoms with van der Waals surface area (Å²) in [7, 11) is 0. The van der Waals surface area contributed by atoms with E-state index in [2.05, 4.69) is 50.2 Å². The molecule has 59 heavy (non-hydrogen) atoms. The number of benzene rings is 2. The van der Waals surface area contributed by atoms with E-state index < -0.39 is 47.5 Å². The maximum atomic E-state index is 14.6. The van der Waals surface area contributed by atoms with E-state index in [1.54, 1.807) is 24.3 Å². The molecule has 0 unspecified atom stereocenters. The third-order valence-electron chi connectivity index (χ3n) is 9.09. The van der Waals surface area contributed by atoms with Gasteiger partial charge in [-0.3, -0.25) is 0 Å². The van der Waals surface area contributed by atoms with Crippen molar-refractivity contribution in [2.45, 2.75) is 12.9 Å². The molecule has 292 valence electrons. The zero-order chi connectivity index (χ0) is 41.0. The summed E-state index contributed by atoms with van der Waals surface area (Å²) in [6.07, 6.45) is -3.80. The molecule has 8 bridgehead atoms. The molecule has 10 rings (SSSR count). The van der Waals surface area contributed by atoms with Gasteiger partial charge < -0.3 is 13.8 Å². The number of hydrogen-bond donors (Lipinski definition) is 0. The summed E-state index contributed by atoms with van der Waals surface area (Å²) in [5.74, 6) is -1.23. The van der Waals surface area contributed by atoms with Crippen molar-refractivity contribution in [3.8, 4) is 103 Å². The lowest BCUT2D eigenvalue weighted by atomic mass is 9.94. The maximum Gasteiger partial charge on any atom is 0.325 e. The summed E-state index contributed by atoms with van der Waals surface area (Å²) in [5, 5.41) is 7.53. The molecule has 0 saturated carbocycles. The highest BCUT2D eigenvalue weighted by molar-refractivity contribution is 6.38. The molecule has 2 aliphatic rings. The van der Waals surface area contributed by atoms with Crippen LogP contribution in [-0.4, -0.2) is 50.2 Å². The van der Waals surface area contributed by atoms with Crippen molar-refractivity contribution >= 4 is 69.6 Å². The standard InChI is InChI=1S/C36H10Cl6F4N10O3/c37-11-5-1-3-9-15(11)25-17(31(43)44)29(58-55-25)27-19(41)21(9)49-33(51-27)23-13(39)7-47-35(53-23)57-36-48-8-14(40)24(54-36)34-50-22-10-4-2-6-12(38)16(10)26-18(32(45)46)30(59-56-26)28(52-34)20(22)42/h1-8,31-32H. The molecular formula is C36H10Cl6F4N10O3. The van der Waals surface area contributed by atoms with Gasteiger partial charge in [-0.05, 0) is 12.1 Å².